The van der Waals surface area contributed by atoms with Gasteiger partial charge in [-0.3, -0.25) is 0 Å². The van der Waals surface area contributed by atoms with Crippen molar-refractivity contribution in [1.82, 2.24) is 5.32 Å². The number of aryl methyl sites for hydroxylation is 1. The third-order valence-corrected chi connectivity index (χ3v) is 3.10. The predicted octanol–water partition coefficient (Wildman–Crippen LogP) is 2.27. The molecule has 1 aromatic rings. The van der Waals surface area contributed by atoms with Gasteiger partial charge in [0.05, 0.1) is 7.11 Å². The summed E-state index contributed by atoms with van der Waals surface area (Å²) in [5.41, 5.74) is 7.67. The van der Waals surface area contributed by atoms with Crippen LogP contribution in [0.25, 0.3) is 0 Å². The summed E-state index contributed by atoms with van der Waals surface area (Å²) in [6, 6.07) is 4.09. The van der Waals surface area contributed by atoms with E-state index in [0.29, 0.717) is 6.54 Å². The Bertz CT molecular complexity index is 355. The minimum atomic E-state index is 0.179. The molecule has 1 atom stereocenters. The molecule has 0 radical (unpaired) electrons. The molecule has 0 aliphatic heterocycles. The molecular formula is C12H19ClN2O. The van der Waals surface area contributed by atoms with Crippen LogP contribution in [0.1, 0.15) is 23.6 Å². The third-order valence-electron chi connectivity index (χ3n) is 2.69. The van der Waals surface area contributed by atoms with Gasteiger partial charge in [0.2, 0.25) is 0 Å². The molecule has 1 rings (SSSR count). The highest BCUT2D eigenvalue weighted by atomic mass is 35.5. The second-order valence-electron chi connectivity index (χ2n) is 3.76. The molecule has 3 nitrogen and oxygen atoms in total. The molecule has 90 valence electrons. The van der Waals surface area contributed by atoms with Gasteiger partial charge in [0.1, 0.15) is 5.75 Å². The van der Waals surface area contributed by atoms with Crippen LogP contribution in [0, 0.1) is 6.92 Å². The van der Waals surface area contributed by atoms with Crippen LogP contribution in [0.5, 0.6) is 5.75 Å². The molecule has 0 aliphatic rings. The first-order valence-corrected chi connectivity index (χ1v) is 5.73. The summed E-state index contributed by atoms with van der Waals surface area (Å²) >= 11 is 6.13. The molecule has 0 aliphatic carbocycles. The average Bonchev–Trinajstić information content (AvgIpc) is 2.29. The molecule has 0 aromatic heterocycles. The summed E-state index contributed by atoms with van der Waals surface area (Å²) in [6.45, 7) is 2.59. The van der Waals surface area contributed by atoms with Gasteiger partial charge in [0.25, 0.3) is 0 Å². The summed E-state index contributed by atoms with van der Waals surface area (Å²) in [6.07, 6.45) is 0.853. The monoisotopic (exact) mass is 242 g/mol. The lowest BCUT2D eigenvalue weighted by Crippen LogP contribution is -2.20. The van der Waals surface area contributed by atoms with Crippen molar-refractivity contribution in [2.75, 3.05) is 20.7 Å². The number of nitrogens with one attached hydrogen (secondary N) is 1. The van der Waals surface area contributed by atoms with E-state index >= 15 is 0 Å². The molecular weight excluding hydrogens is 224 g/mol. The van der Waals surface area contributed by atoms with E-state index in [1.807, 2.05) is 26.1 Å². The van der Waals surface area contributed by atoms with E-state index in [2.05, 4.69) is 5.32 Å². The van der Waals surface area contributed by atoms with E-state index in [1.165, 1.54) is 0 Å². The number of hydrogen-bond donors (Lipinski definition) is 2. The maximum atomic E-state index is 6.13. The van der Waals surface area contributed by atoms with Gasteiger partial charge in [-0.25, -0.2) is 0 Å². The Morgan fingerprint density at radius 2 is 2.19 bits per heavy atom. The van der Waals surface area contributed by atoms with Gasteiger partial charge < -0.3 is 15.8 Å². The summed E-state index contributed by atoms with van der Waals surface area (Å²) in [7, 11) is 3.58. The highest BCUT2D eigenvalue weighted by Crippen LogP contribution is 2.32. The molecule has 0 saturated carbocycles. The third kappa shape index (κ3) is 2.88. The molecule has 0 bridgehead atoms. The van der Waals surface area contributed by atoms with Crippen LogP contribution in [0.15, 0.2) is 12.1 Å². The second kappa shape index (κ2) is 6.09. The Morgan fingerprint density at radius 1 is 1.50 bits per heavy atom. The zero-order valence-electron chi connectivity index (χ0n) is 10.0. The first-order chi connectivity index (χ1) is 7.63. The zero-order chi connectivity index (χ0) is 12.1. The number of hydrogen-bond acceptors (Lipinski definition) is 3. The minimum Gasteiger partial charge on any atom is -0.496 e. The highest BCUT2D eigenvalue weighted by Gasteiger charge is 2.15. The van der Waals surface area contributed by atoms with Crippen LogP contribution < -0.4 is 15.8 Å². The molecule has 16 heavy (non-hydrogen) atoms. The summed E-state index contributed by atoms with van der Waals surface area (Å²) < 4.78 is 5.37. The van der Waals surface area contributed by atoms with E-state index in [1.54, 1.807) is 7.11 Å². The standard InChI is InChI=1S/C12H19ClN2O/c1-8-6-12(16-3)9(7-10(8)13)11(15-2)4-5-14/h6-7,11,15H,4-5,14H2,1-3H3. The number of ether oxygens (including phenoxy) is 1. The largest absolute Gasteiger partial charge is 0.496 e. The molecule has 0 amide bonds. The lowest BCUT2D eigenvalue weighted by Gasteiger charge is -2.19. The van der Waals surface area contributed by atoms with Gasteiger partial charge in [-0.2, -0.15) is 0 Å². The van der Waals surface area contributed by atoms with E-state index < -0.39 is 0 Å². The number of benzene rings is 1. The van der Waals surface area contributed by atoms with Crippen molar-refractivity contribution in [1.29, 1.82) is 0 Å². The first-order valence-electron chi connectivity index (χ1n) is 5.35. The quantitative estimate of drug-likeness (QED) is 0.833. The van der Waals surface area contributed by atoms with Crippen molar-refractivity contribution >= 4 is 11.6 Å². The summed E-state index contributed by atoms with van der Waals surface area (Å²) in [5, 5.41) is 3.98. The van der Waals surface area contributed by atoms with Gasteiger partial charge >= 0.3 is 0 Å². The molecule has 0 heterocycles. The Balaban J connectivity index is 3.13. The summed E-state index contributed by atoms with van der Waals surface area (Å²) in [5.74, 6) is 0.856. The van der Waals surface area contributed by atoms with Crippen LogP contribution >= 0.6 is 11.6 Å². The highest BCUT2D eigenvalue weighted by molar-refractivity contribution is 6.31. The zero-order valence-corrected chi connectivity index (χ0v) is 10.8. The minimum absolute atomic E-state index is 0.179. The Morgan fingerprint density at radius 3 is 2.69 bits per heavy atom. The first kappa shape index (κ1) is 13.3. The van der Waals surface area contributed by atoms with Crippen molar-refractivity contribution < 1.29 is 4.74 Å². The maximum absolute atomic E-state index is 6.13. The summed E-state index contributed by atoms with van der Waals surface area (Å²) in [4.78, 5) is 0. The van der Waals surface area contributed by atoms with Gasteiger partial charge in [-0.05, 0) is 44.6 Å². The smallest absolute Gasteiger partial charge is 0.124 e. The number of rotatable bonds is 5. The van der Waals surface area contributed by atoms with Crippen molar-refractivity contribution in [3.8, 4) is 5.75 Å². The van der Waals surface area contributed by atoms with Crippen molar-refractivity contribution in [3.63, 3.8) is 0 Å². The SMILES string of the molecule is CNC(CCN)c1cc(Cl)c(C)cc1OC. The molecule has 4 heteroatoms. The maximum Gasteiger partial charge on any atom is 0.124 e. The average molecular weight is 243 g/mol. The molecule has 1 aromatic carbocycles. The van der Waals surface area contributed by atoms with Crippen molar-refractivity contribution in [3.05, 3.63) is 28.3 Å². The molecule has 3 N–H and O–H groups in total. The molecule has 0 fully saturated rings. The topological polar surface area (TPSA) is 47.3 Å². The van der Waals surface area contributed by atoms with Crippen molar-refractivity contribution in [2.45, 2.75) is 19.4 Å². The fourth-order valence-electron chi connectivity index (χ4n) is 1.74. The van der Waals surface area contributed by atoms with Crippen molar-refractivity contribution in [2.24, 2.45) is 5.73 Å². The van der Waals surface area contributed by atoms with E-state index in [-0.39, 0.29) is 6.04 Å². The number of halogens is 1. The molecule has 1 unspecified atom stereocenters. The van der Waals surface area contributed by atoms with Gasteiger partial charge in [0.15, 0.2) is 0 Å². The second-order valence-corrected chi connectivity index (χ2v) is 4.17. The van der Waals surface area contributed by atoms with Crippen LogP contribution in [0.4, 0.5) is 0 Å². The Labute approximate surface area is 102 Å². The van der Waals surface area contributed by atoms with E-state index in [4.69, 9.17) is 22.1 Å². The number of methoxy groups -OCH3 is 1. The van der Waals surface area contributed by atoms with E-state index in [9.17, 15) is 0 Å². The fourth-order valence-corrected chi connectivity index (χ4v) is 1.91. The Hall–Kier alpha value is -0.770. The molecule has 0 saturated heterocycles. The van der Waals surface area contributed by atoms with Gasteiger partial charge in [-0.1, -0.05) is 11.6 Å². The van der Waals surface area contributed by atoms with Crippen LogP contribution in [-0.2, 0) is 0 Å². The predicted molar refractivity (Wildman–Crippen MR) is 68.2 cm³/mol. The van der Waals surface area contributed by atoms with Crippen LogP contribution in [0.3, 0.4) is 0 Å². The van der Waals surface area contributed by atoms with Gasteiger partial charge in [-0.15, -0.1) is 0 Å². The van der Waals surface area contributed by atoms with Crippen LogP contribution in [-0.4, -0.2) is 20.7 Å². The van der Waals surface area contributed by atoms with Gasteiger partial charge in [0, 0.05) is 16.6 Å². The molecule has 0 spiro atoms. The number of nitrogens with two attached hydrogens (primary N) is 1. The normalized spacial score (nSPS) is 12.6. The fraction of sp³-hybridized carbons (Fsp3) is 0.500. The lowest BCUT2D eigenvalue weighted by molar-refractivity contribution is 0.399. The van der Waals surface area contributed by atoms with E-state index in [0.717, 1.165) is 28.3 Å². The van der Waals surface area contributed by atoms with Crippen LogP contribution in [0.2, 0.25) is 5.02 Å². The Kier molecular flexibility index (Phi) is 5.06. The lowest BCUT2D eigenvalue weighted by atomic mass is 10.0.